The largest absolute Gasteiger partial charge is 0.338 e. The molecule has 186 valence electrons. The van der Waals surface area contributed by atoms with Crippen molar-refractivity contribution in [2.24, 2.45) is 5.92 Å². The Balaban J connectivity index is 1.53. The van der Waals surface area contributed by atoms with Gasteiger partial charge in [-0.25, -0.2) is 0 Å². The zero-order valence-corrected chi connectivity index (χ0v) is 20.9. The van der Waals surface area contributed by atoms with Crippen LogP contribution in [0.3, 0.4) is 0 Å². The van der Waals surface area contributed by atoms with E-state index in [1.54, 1.807) is 4.90 Å². The normalized spacial score (nSPS) is 19.6. The fraction of sp³-hybridized carbons (Fsp3) is 0.481. The number of carbonyl (C=O) groups excluding carboxylic acids is 2. The van der Waals surface area contributed by atoms with Crippen LogP contribution in [-0.2, 0) is 11.3 Å². The van der Waals surface area contributed by atoms with Crippen LogP contribution in [0.5, 0.6) is 0 Å². The highest BCUT2D eigenvalue weighted by Crippen LogP contribution is 2.36. The first kappa shape index (κ1) is 24.9. The van der Waals surface area contributed by atoms with Crippen molar-refractivity contribution in [1.29, 1.82) is 0 Å². The molecular weight excluding hydrogens is 444 g/mol. The standard InChI is InChI=1S/C27H34N4O4/c1-18(2)13-24-26(33)30(17-21-15-19(3)14-20(4)16-21)27(28-24)9-11-29(12-10-27)25(32)22-5-7-23(8-6-22)31(34)35/h5-8,14-16,18,24,28H,9-13,17H2,1-4H3. The summed E-state index contributed by atoms with van der Waals surface area (Å²) in [6, 6.07) is 11.9. The Kier molecular flexibility index (Phi) is 6.94. The molecule has 2 fully saturated rings. The van der Waals surface area contributed by atoms with Gasteiger partial charge in [-0.3, -0.25) is 25.0 Å². The molecule has 0 aromatic heterocycles. The molecule has 0 bridgehead atoms. The van der Waals surface area contributed by atoms with Gasteiger partial charge in [-0.05, 0) is 43.9 Å². The van der Waals surface area contributed by atoms with E-state index in [9.17, 15) is 19.7 Å². The molecule has 1 spiro atoms. The number of piperidine rings is 1. The van der Waals surface area contributed by atoms with Crippen molar-refractivity contribution in [3.63, 3.8) is 0 Å². The fourth-order valence-corrected chi connectivity index (χ4v) is 5.47. The highest BCUT2D eigenvalue weighted by Gasteiger charge is 2.51. The molecule has 2 aromatic rings. The van der Waals surface area contributed by atoms with Crippen LogP contribution < -0.4 is 5.32 Å². The summed E-state index contributed by atoms with van der Waals surface area (Å²) in [5.74, 6) is 0.380. The smallest absolute Gasteiger partial charge is 0.269 e. The lowest BCUT2D eigenvalue weighted by Gasteiger charge is -2.45. The third-order valence-corrected chi connectivity index (χ3v) is 7.06. The highest BCUT2D eigenvalue weighted by atomic mass is 16.6. The molecular formula is C27H34N4O4. The minimum Gasteiger partial charge on any atom is -0.338 e. The number of nitrogens with zero attached hydrogens (tertiary/aromatic N) is 3. The summed E-state index contributed by atoms with van der Waals surface area (Å²) in [6.07, 6.45) is 2.04. The second-order valence-corrected chi connectivity index (χ2v) is 10.4. The van der Waals surface area contributed by atoms with E-state index >= 15 is 0 Å². The molecule has 0 saturated carbocycles. The Morgan fingerprint density at radius 2 is 1.71 bits per heavy atom. The summed E-state index contributed by atoms with van der Waals surface area (Å²) in [4.78, 5) is 40.8. The maximum atomic E-state index is 13.5. The number of benzene rings is 2. The van der Waals surface area contributed by atoms with E-state index < -0.39 is 10.6 Å². The second-order valence-electron chi connectivity index (χ2n) is 10.4. The van der Waals surface area contributed by atoms with Crippen molar-refractivity contribution in [2.75, 3.05) is 13.1 Å². The fourth-order valence-electron chi connectivity index (χ4n) is 5.47. The third-order valence-electron chi connectivity index (χ3n) is 7.06. The number of nitro benzene ring substituents is 1. The minimum atomic E-state index is -0.486. The number of aryl methyl sites for hydroxylation is 2. The summed E-state index contributed by atoms with van der Waals surface area (Å²) in [5.41, 5.74) is 3.39. The number of carbonyl (C=O) groups is 2. The first-order valence-electron chi connectivity index (χ1n) is 12.3. The lowest BCUT2D eigenvalue weighted by Crippen LogP contribution is -2.59. The molecule has 2 aliphatic heterocycles. The van der Waals surface area contributed by atoms with E-state index in [4.69, 9.17) is 0 Å². The molecule has 35 heavy (non-hydrogen) atoms. The topological polar surface area (TPSA) is 95.8 Å². The van der Waals surface area contributed by atoms with Gasteiger partial charge in [0.25, 0.3) is 11.6 Å². The molecule has 2 aromatic carbocycles. The molecule has 1 unspecified atom stereocenters. The SMILES string of the molecule is Cc1cc(C)cc(CN2C(=O)C(CC(C)C)NC23CCN(C(=O)c2ccc([N+](=O)[O-])cc2)CC3)c1. The number of nitro groups is 1. The van der Waals surface area contributed by atoms with Crippen LogP contribution in [0.15, 0.2) is 42.5 Å². The summed E-state index contributed by atoms with van der Waals surface area (Å²) in [7, 11) is 0. The third kappa shape index (κ3) is 5.22. The number of rotatable bonds is 6. The molecule has 0 radical (unpaired) electrons. The van der Waals surface area contributed by atoms with Crippen LogP contribution in [0.1, 0.15) is 60.2 Å². The maximum Gasteiger partial charge on any atom is 0.269 e. The average Bonchev–Trinajstić information content (AvgIpc) is 3.03. The lowest BCUT2D eigenvalue weighted by atomic mass is 9.94. The lowest BCUT2D eigenvalue weighted by molar-refractivity contribution is -0.384. The van der Waals surface area contributed by atoms with E-state index in [1.165, 1.54) is 35.4 Å². The van der Waals surface area contributed by atoms with Crippen LogP contribution in [0.4, 0.5) is 5.69 Å². The van der Waals surface area contributed by atoms with Gasteiger partial charge in [-0.15, -0.1) is 0 Å². The number of hydrogen-bond donors (Lipinski definition) is 1. The van der Waals surface area contributed by atoms with E-state index in [2.05, 4.69) is 51.2 Å². The van der Waals surface area contributed by atoms with Gasteiger partial charge in [0.05, 0.1) is 16.6 Å². The first-order valence-corrected chi connectivity index (χ1v) is 12.3. The number of likely N-dealkylation sites (tertiary alicyclic amines) is 1. The number of non-ortho nitro benzene ring substituents is 1. The highest BCUT2D eigenvalue weighted by molar-refractivity contribution is 5.94. The Hall–Kier alpha value is -3.26. The maximum absolute atomic E-state index is 13.5. The van der Waals surface area contributed by atoms with Gasteiger partial charge in [-0.1, -0.05) is 43.2 Å². The zero-order chi connectivity index (χ0) is 25.3. The summed E-state index contributed by atoms with van der Waals surface area (Å²) < 4.78 is 0. The van der Waals surface area contributed by atoms with Gasteiger partial charge >= 0.3 is 0 Å². The van der Waals surface area contributed by atoms with Crippen LogP contribution in [0.2, 0.25) is 0 Å². The van der Waals surface area contributed by atoms with E-state index in [-0.39, 0.29) is 23.5 Å². The molecule has 8 heteroatoms. The number of nitrogens with one attached hydrogen (secondary N) is 1. The monoisotopic (exact) mass is 478 g/mol. The van der Waals surface area contributed by atoms with Crippen LogP contribution in [-0.4, -0.2) is 51.3 Å². The van der Waals surface area contributed by atoms with E-state index in [0.717, 1.165) is 12.0 Å². The van der Waals surface area contributed by atoms with E-state index in [1.807, 2.05) is 4.90 Å². The van der Waals surface area contributed by atoms with Crippen molar-refractivity contribution < 1.29 is 14.5 Å². The Labute approximate surface area is 206 Å². The molecule has 2 saturated heterocycles. The van der Waals surface area contributed by atoms with Gasteiger partial charge in [0.1, 0.15) is 0 Å². The average molecular weight is 479 g/mol. The van der Waals surface area contributed by atoms with Crippen molar-refractivity contribution >= 4 is 17.5 Å². The Bertz CT molecular complexity index is 1100. The quantitative estimate of drug-likeness (QED) is 0.496. The molecule has 8 nitrogen and oxygen atoms in total. The van der Waals surface area contributed by atoms with Gasteiger partial charge in [0.15, 0.2) is 0 Å². The zero-order valence-electron chi connectivity index (χ0n) is 20.9. The Morgan fingerprint density at radius 3 is 2.26 bits per heavy atom. The second kappa shape index (κ2) is 9.77. The van der Waals surface area contributed by atoms with Gasteiger partial charge < -0.3 is 9.80 Å². The Morgan fingerprint density at radius 1 is 1.11 bits per heavy atom. The molecule has 0 aliphatic carbocycles. The molecule has 2 heterocycles. The van der Waals surface area contributed by atoms with Crippen LogP contribution >= 0.6 is 0 Å². The van der Waals surface area contributed by atoms with E-state index in [0.29, 0.717) is 44.0 Å². The van der Waals surface area contributed by atoms with Crippen LogP contribution in [0.25, 0.3) is 0 Å². The van der Waals surface area contributed by atoms with Crippen molar-refractivity contribution in [1.82, 2.24) is 15.1 Å². The number of amides is 2. The van der Waals surface area contributed by atoms with Crippen molar-refractivity contribution in [2.45, 2.75) is 65.2 Å². The molecule has 1 N–H and O–H groups in total. The van der Waals surface area contributed by atoms with Crippen LogP contribution in [0, 0.1) is 29.9 Å². The number of hydrogen-bond acceptors (Lipinski definition) is 5. The summed E-state index contributed by atoms with van der Waals surface area (Å²) in [5, 5.41) is 14.6. The minimum absolute atomic E-state index is 0.0361. The summed E-state index contributed by atoms with van der Waals surface area (Å²) in [6.45, 7) is 9.95. The van der Waals surface area contributed by atoms with Gasteiger partial charge in [0, 0.05) is 50.2 Å². The molecule has 4 rings (SSSR count). The predicted octanol–water partition coefficient (Wildman–Crippen LogP) is 4.19. The first-order chi connectivity index (χ1) is 16.6. The van der Waals surface area contributed by atoms with Crippen molar-refractivity contribution in [3.8, 4) is 0 Å². The van der Waals surface area contributed by atoms with Crippen molar-refractivity contribution in [3.05, 3.63) is 74.8 Å². The van der Waals surface area contributed by atoms with Gasteiger partial charge in [0.2, 0.25) is 5.91 Å². The summed E-state index contributed by atoms with van der Waals surface area (Å²) >= 11 is 0. The molecule has 2 amide bonds. The molecule has 1 atom stereocenters. The van der Waals surface area contributed by atoms with Gasteiger partial charge in [-0.2, -0.15) is 0 Å². The predicted molar refractivity (Wildman–Crippen MR) is 134 cm³/mol. The molecule has 2 aliphatic rings.